The van der Waals surface area contributed by atoms with Crippen molar-refractivity contribution in [3.05, 3.63) is 69.8 Å². The molecule has 0 saturated heterocycles. The van der Waals surface area contributed by atoms with Crippen LogP contribution in [0, 0.1) is 12.7 Å². The molecule has 2 aromatic heterocycles. The van der Waals surface area contributed by atoms with E-state index in [1.807, 2.05) is 6.92 Å². The molecule has 9 heteroatoms. The maximum absolute atomic E-state index is 13.4. The van der Waals surface area contributed by atoms with E-state index in [4.69, 9.17) is 9.47 Å². The Morgan fingerprint density at radius 3 is 2.53 bits per heavy atom. The number of anilines is 1. The molecule has 0 aliphatic carbocycles. The number of nitrogens with zero attached hydrogens (tertiary/aromatic N) is 2. The maximum Gasteiger partial charge on any atom is 0.263 e. The van der Waals surface area contributed by atoms with Gasteiger partial charge in [-0.05, 0) is 36.8 Å². The van der Waals surface area contributed by atoms with E-state index in [2.05, 4.69) is 10.3 Å². The first-order valence-electron chi connectivity index (χ1n) is 9.67. The molecule has 0 unspecified atom stereocenters. The molecule has 2 heterocycles. The highest BCUT2D eigenvalue weighted by atomic mass is 32.1. The lowest BCUT2D eigenvalue weighted by Crippen LogP contribution is -2.27. The molecule has 32 heavy (non-hydrogen) atoms. The fraction of sp³-hybridized carbons (Fsp3) is 0.174. The lowest BCUT2D eigenvalue weighted by molar-refractivity contribution is -0.116. The third-order valence-electron chi connectivity index (χ3n) is 4.97. The second-order valence-corrected chi connectivity index (χ2v) is 8.22. The van der Waals surface area contributed by atoms with Gasteiger partial charge in [0.2, 0.25) is 5.91 Å². The number of methoxy groups -OCH3 is 2. The summed E-state index contributed by atoms with van der Waals surface area (Å²) in [5.41, 5.74) is 1.60. The van der Waals surface area contributed by atoms with Crippen LogP contribution in [0.1, 0.15) is 4.88 Å². The normalized spacial score (nSPS) is 10.9. The van der Waals surface area contributed by atoms with Gasteiger partial charge >= 0.3 is 0 Å². The van der Waals surface area contributed by atoms with Crippen molar-refractivity contribution in [3.8, 4) is 22.6 Å². The molecule has 0 saturated carbocycles. The van der Waals surface area contributed by atoms with Gasteiger partial charge in [-0.15, -0.1) is 11.3 Å². The van der Waals surface area contributed by atoms with Gasteiger partial charge in [0.25, 0.3) is 5.56 Å². The summed E-state index contributed by atoms with van der Waals surface area (Å²) >= 11 is 1.39. The third kappa shape index (κ3) is 4.06. The first-order chi connectivity index (χ1) is 15.4. The topological polar surface area (TPSA) is 82.5 Å². The molecule has 0 radical (unpaired) electrons. The monoisotopic (exact) mass is 453 g/mol. The number of carbonyl (C=O) groups excluding carboxylic acids is 1. The van der Waals surface area contributed by atoms with Crippen LogP contribution in [0.15, 0.2) is 53.6 Å². The van der Waals surface area contributed by atoms with Crippen LogP contribution < -0.4 is 20.3 Å². The molecular formula is C23H20FN3O4S. The Kier molecular flexibility index (Phi) is 5.91. The van der Waals surface area contributed by atoms with Crippen LogP contribution in [0.4, 0.5) is 10.1 Å². The van der Waals surface area contributed by atoms with Gasteiger partial charge < -0.3 is 14.8 Å². The predicted octanol–water partition coefficient (Wildman–Crippen LogP) is 4.23. The lowest BCUT2D eigenvalue weighted by atomic mass is 10.0. The number of thiophene rings is 1. The summed E-state index contributed by atoms with van der Waals surface area (Å²) in [6.45, 7) is 1.67. The molecule has 2 aromatic carbocycles. The van der Waals surface area contributed by atoms with E-state index in [1.165, 1.54) is 48.6 Å². The van der Waals surface area contributed by atoms with Crippen LogP contribution in [0.2, 0.25) is 0 Å². The van der Waals surface area contributed by atoms with E-state index >= 15 is 0 Å². The molecule has 4 rings (SSSR count). The highest BCUT2D eigenvalue weighted by molar-refractivity contribution is 7.19. The average molecular weight is 453 g/mol. The minimum absolute atomic E-state index is 0.214. The Bertz CT molecular complexity index is 1360. The van der Waals surface area contributed by atoms with Gasteiger partial charge in [0, 0.05) is 22.2 Å². The zero-order valence-electron chi connectivity index (χ0n) is 17.6. The van der Waals surface area contributed by atoms with Gasteiger partial charge in [-0.2, -0.15) is 0 Å². The number of ether oxygens (including phenoxy) is 2. The lowest BCUT2D eigenvalue weighted by Gasteiger charge is -2.11. The Morgan fingerprint density at radius 1 is 1.12 bits per heavy atom. The number of rotatable bonds is 6. The maximum atomic E-state index is 13.4. The molecule has 1 amide bonds. The fourth-order valence-electron chi connectivity index (χ4n) is 3.48. The van der Waals surface area contributed by atoms with Crippen molar-refractivity contribution in [3.63, 3.8) is 0 Å². The highest BCUT2D eigenvalue weighted by Crippen LogP contribution is 2.35. The Balaban J connectivity index is 1.65. The first-order valence-corrected chi connectivity index (χ1v) is 10.5. The summed E-state index contributed by atoms with van der Waals surface area (Å²) < 4.78 is 25.1. The van der Waals surface area contributed by atoms with Crippen LogP contribution in [0.25, 0.3) is 21.3 Å². The van der Waals surface area contributed by atoms with Gasteiger partial charge in [0.15, 0.2) is 11.5 Å². The number of carbonyl (C=O) groups is 1. The zero-order chi connectivity index (χ0) is 22.8. The summed E-state index contributed by atoms with van der Waals surface area (Å²) in [6.07, 6.45) is 1.36. The summed E-state index contributed by atoms with van der Waals surface area (Å²) in [5, 5.41) is 3.17. The summed E-state index contributed by atoms with van der Waals surface area (Å²) in [5.74, 6) is 0.268. The van der Waals surface area contributed by atoms with E-state index < -0.39 is 5.91 Å². The van der Waals surface area contributed by atoms with Crippen molar-refractivity contribution < 1.29 is 18.7 Å². The first kappa shape index (κ1) is 21.5. The molecule has 4 aromatic rings. The number of hydrogen-bond donors (Lipinski definition) is 1. The largest absolute Gasteiger partial charge is 0.493 e. The van der Waals surface area contributed by atoms with E-state index in [9.17, 15) is 14.0 Å². The number of benzene rings is 2. The predicted molar refractivity (Wildman–Crippen MR) is 122 cm³/mol. The van der Waals surface area contributed by atoms with Gasteiger partial charge in [0.1, 0.15) is 17.2 Å². The number of fused-ring (bicyclic) bond motifs is 1. The molecule has 1 N–H and O–H groups in total. The van der Waals surface area contributed by atoms with Gasteiger partial charge in [-0.1, -0.05) is 12.1 Å². The van der Waals surface area contributed by atoms with Crippen molar-refractivity contribution >= 4 is 33.1 Å². The van der Waals surface area contributed by atoms with Crippen LogP contribution in [-0.2, 0) is 11.3 Å². The minimum atomic E-state index is -0.393. The molecular weight excluding hydrogens is 433 g/mol. The molecule has 0 bridgehead atoms. The van der Waals surface area contributed by atoms with E-state index in [0.717, 1.165) is 10.4 Å². The van der Waals surface area contributed by atoms with Crippen molar-refractivity contribution in [1.29, 1.82) is 0 Å². The van der Waals surface area contributed by atoms with Crippen molar-refractivity contribution in [1.82, 2.24) is 9.55 Å². The Labute approximate surface area is 187 Å². The molecule has 0 fully saturated rings. The number of aromatic nitrogens is 2. The number of amides is 1. The van der Waals surface area contributed by atoms with Gasteiger partial charge in [0.05, 0.1) is 25.9 Å². The molecule has 0 spiro atoms. The number of nitrogens with one attached hydrogen (secondary N) is 1. The summed E-state index contributed by atoms with van der Waals surface area (Å²) in [6, 6.07) is 11.0. The number of hydrogen-bond acceptors (Lipinski definition) is 6. The highest BCUT2D eigenvalue weighted by Gasteiger charge is 2.18. The molecule has 0 atom stereocenters. The van der Waals surface area contributed by atoms with Crippen LogP contribution in [0.3, 0.4) is 0 Å². The second-order valence-electron chi connectivity index (χ2n) is 7.02. The molecule has 0 aliphatic rings. The van der Waals surface area contributed by atoms with Crippen LogP contribution in [0.5, 0.6) is 11.5 Å². The second kappa shape index (κ2) is 8.80. The van der Waals surface area contributed by atoms with Crippen LogP contribution >= 0.6 is 11.3 Å². The van der Waals surface area contributed by atoms with Gasteiger partial charge in [-0.3, -0.25) is 14.2 Å². The summed E-state index contributed by atoms with van der Waals surface area (Å²) in [7, 11) is 3.03. The third-order valence-corrected chi connectivity index (χ3v) is 5.98. The van der Waals surface area contributed by atoms with Crippen molar-refractivity contribution in [2.24, 2.45) is 0 Å². The quantitative estimate of drug-likeness (QED) is 0.473. The SMILES string of the molecule is COc1ccc(NC(=O)Cn2cnc3sc(C)c(-c4ccc(F)cc4)c3c2=O)cc1OC. The van der Waals surface area contributed by atoms with Gasteiger partial charge in [-0.25, -0.2) is 9.37 Å². The Hall–Kier alpha value is -3.72. The standard InChI is InChI=1S/C23H20FN3O4S/c1-13-20(14-4-6-15(24)7-5-14)21-22(32-13)25-12-27(23(21)29)11-19(28)26-16-8-9-17(30-2)18(10-16)31-3/h4-10,12H,11H2,1-3H3,(H,26,28). The van der Waals surface area contributed by atoms with Crippen LogP contribution in [-0.4, -0.2) is 29.7 Å². The van der Waals surface area contributed by atoms with E-state index in [1.54, 1.807) is 30.3 Å². The van der Waals surface area contributed by atoms with Crippen molar-refractivity contribution in [2.75, 3.05) is 19.5 Å². The smallest absolute Gasteiger partial charge is 0.263 e. The number of aryl methyl sites for hydroxylation is 1. The minimum Gasteiger partial charge on any atom is -0.493 e. The molecule has 164 valence electrons. The van der Waals surface area contributed by atoms with Crippen molar-refractivity contribution in [2.45, 2.75) is 13.5 Å². The Morgan fingerprint density at radius 2 is 1.84 bits per heavy atom. The molecule has 7 nitrogen and oxygen atoms in total. The summed E-state index contributed by atoms with van der Waals surface area (Å²) in [4.78, 5) is 31.7. The zero-order valence-corrected chi connectivity index (χ0v) is 18.5. The number of halogens is 1. The fourth-order valence-corrected chi connectivity index (χ4v) is 4.49. The van der Waals surface area contributed by atoms with E-state index in [-0.39, 0.29) is 17.9 Å². The van der Waals surface area contributed by atoms with E-state index in [0.29, 0.717) is 33.0 Å². The molecule has 0 aliphatic heterocycles. The average Bonchev–Trinajstić information content (AvgIpc) is 3.12.